The summed E-state index contributed by atoms with van der Waals surface area (Å²) in [6.45, 7) is 1.90. The van der Waals surface area contributed by atoms with Crippen LogP contribution in [0, 0.1) is 17.0 Å². The van der Waals surface area contributed by atoms with Gasteiger partial charge in [-0.1, -0.05) is 22.9 Å². The fraction of sp³-hybridized carbons (Fsp3) is 0.222. The highest BCUT2D eigenvalue weighted by Crippen LogP contribution is 2.16. The van der Waals surface area contributed by atoms with Crippen LogP contribution in [0.15, 0.2) is 59.6 Å². The van der Waals surface area contributed by atoms with Crippen molar-refractivity contribution in [2.75, 3.05) is 6.61 Å². The first-order valence-electron chi connectivity index (χ1n) is 8.47. The molecule has 0 unspecified atom stereocenters. The van der Waals surface area contributed by atoms with E-state index in [0.29, 0.717) is 24.2 Å². The zero-order valence-corrected chi connectivity index (χ0v) is 15.9. The Morgan fingerprint density at radius 3 is 2.43 bits per heavy atom. The van der Waals surface area contributed by atoms with Gasteiger partial charge in [0.2, 0.25) is 0 Å². The molecule has 0 bridgehead atoms. The van der Waals surface area contributed by atoms with Gasteiger partial charge in [-0.2, -0.15) is 8.42 Å². The van der Waals surface area contributed by atoms with Crippen molar-refractivity contribution in [2.24, 2.45) is 0 Å². The molecule has 146 valence electrons. The van der Waals surface area contributed by atoms with Gasteiger partial charge in [-0.15, -0.1) is 5.10 Å². The van der Waals surface area contributed by atoms with Gasteiger partial charge in [0.05, 0.1) is 34.0 Å². The lowest BCUT2D eigenvalue weighted by atomic mass is 10.2. The normalized spacial score (nSPS) is 11.5. The number of nitro benzene ring substituents is 1. The summed E-state index contributed by atoms with van der Waals surface area (Å²) in [6, 6.07) is 12.4. The molecule has 1 heterocycles. The van der Waals surface area contributed by atoms with E-state index < -0.39 is 15.0 Å². The number of hydrogen-bond donors (Lipinski definition) is 0. The quantitative estimate of drug-likeness (QED) is 0.246. The van der Waals surface area contributed by atoms with E-state index in [0.717, 1.165) is 5.56 Å². The Morgan fingerprint density at radius 1 is 1.11 bits per heavy atom. The Hall–Kier alpha value is -3.11. The van der Waals surface area contributed by atoms with Crippen LogP contribution < -0.4 is 0 Å². The van der Waals surface area contributed by atoms with Crippen LogP contribution in [0.25, 0.3) is 5.69 Å². The molecule has 0 spiro atoms. The molecule has 0 fully saturated rings. The summed E-state index contributed by atoms with van der Waals surface area (Å²) in [7, 11) is -3.78. The van der Waals surface area contributed by atoms with E-state index in [1.165, 1.54) is 28.9 Å². The van der Waals surface area contributed by atoms with Crippen molar-refractivity contribution in [3.63, 3.8) is 0 Å². The van der Waals surface area contributed by atoms with Crippen molar-refractivity contribution in [3.8, 4) is 5.69 Å². The largest absolute Gasteiger partial charge is 0.296 e. The summed E-state index contributed by atoms with van der Waals surface area (Å²) in [5, 5.41) is 18.7. The number of rotatable bonds is 8. The molecule has 0 aliphatic carbocycles. The minimum absolute atomic E-state index is 0.00368. The zero-order valence-electron chi connectivity index (χ0n) is 15.1. The summed E-state index contributed by atoms with van der Waals surface area (Å²) in [4.78, 5) is 10.3. The molecule has 0 aliphatic heterocycles. The van der Waals surface area contributed by atoms with E-state index in [1.54, 1.807) is 30.5 Å². The minimum atomic E-state index is -3.78. The second-order valence-electron chi connectivity index (χ2n) is 6.12. The Bertz CT molecular complexity index is 1060. The monoisotopic (exact) mass is 402 g/mol. The SMILES string of the molecule is Cc1ccc(S(=O)(=O)OCCCc2cn(-c3ccc([N+](=O)[O-])cc3)nn2)cc1. The van der Waals surface area contributed by atoms with Crippen molar-refractivity contribution in [2.45, 2.75) is 24.7 Å². The van der Waals surface area contributed by atoms with Gasteiger partial charge in [0, 0.05) is 12.1 Å². The van der Waals surface area contributed by atoms with E-state index in [-0.39, 0.29) is 17.2 Å². The summed E-state index contributed by atoms with van der Waals surface area (Å²) >= 11 is 0. The molecule has 0 N–H and O–H groups in total. The number of benzene rings is 2. The average molecular weight is 402 g/mol. The molecule has 10 heteroatoms. The molecular formula is C18H18N4O5S. The number of aromatic nitrogens is 3. The van der Waals surface area contributed by atoms with Crippen LogP contribution in [0.1, 0.15) is 17.7 Å². The number of aryl methyl sites for hydroxylation is 2. The molecule has 0 saturated carbocycles. The Balaban J connectivity index is 1.53. The molecule has 3 aromatic rings. The van der Waals surface area contributed by atoms with Gasteiger partial charge in [0.25, 0.3) is 15.8 Å². The van der Waals surface area contributed by atoms with Crippen molar-refractivity contribution in [3.05, 3.63) is 76.1 Å². The first-order chi connectivity index (χ1) is 13.3. The molecule has 9 nitrogen and oxygen atoms in total. The van der Waals surface area contributed by atoms with Crippen LogP contribution in [0.2, 0.25) is 0 Å². The zero-order chi connectivity index (χ0) is 20.1. The lowest BCUT2D eigenvalue weighted by molar-refractivity contribution is -0.384. The lowest BCUT2D eigenvalue weighted by Crippen LogP contribution is -2.08. The lowest BCUT2D eigenvalue weighted by Gasteiger charge is -2.05. The molecule has 0 aliphatic rings. The molecule has 3 rings (SSSR count). The molecule has 0 amide bonds. The van der Waals surface area contributed by atoms with E-state index in [2.05, 4.69) is 10.3 Å². The van der Waals surface area contributed by atoms with Crippen LogP contribution >= 0.6 is 0 Å². The van der Waals surface area contributed by atoms with E-state index >= 15 is 0 Å². The van der Waals surface area contributed by atoms with Gasteiger partial charge in [0.1, 0.15) is 0 Å². The molecule has 0 radical (unpaired) electrons. The summed E-state index contributed by atoms with van der Waals surface area (Å²) in [5.74, 6) is 0. The predicted molar refractivity (Wildman–Crippen MR) is 101 cm³/mol. The fourth-order valence-electron chi connectivity index (χ4n) is 2.46. The van der Waals surface area contributed by atoms with Gasteiger partial charge in [-0.05, 0) is 44.0 Å². The number of nitro groups is 1. The highest BCUT2D eigenvalue weighted by molar-refractivity contribution is 7.86. The summed E-state index contributed by atoms with van der Waals surface area (Å²) in [6.07, 6.45) is 2.62. The molecule has 28 heavy (non-hydrogen) atoms. The van der Waals surface area contributed by atoms with Gasteiger partial charge in [-0.3, -0.25) is 14.3 Å². The fourth-order valence-corrected chi connectivity index (χ4v) is 3.40. The van der Waals surface area contributed by atoms with Crippen LogP contribution in [0.5, 0.6) is 0 Å². The predicted octanol–water partition coefficient (Wildman–Crippen LogP) is 2.82. The van der Waals surface area contributed by atoms with Gasteiger partial charge < -0.3 is 0 Å². The van der Waals surface area contributed by atoms with E-state index in [9.17, 15) is 18.5 Å². The number of hydrogen-bond acceptors (Lipinski definition) is 7. The van der Waals surface area contributed by atoms with Crippen molar-refractivity contribution in [1.82, 2.24) is 15.0 Å². The number of non-ortho nitro benzene ring substituents is 1. The van der Waals surface area contributed by atoms with E-state index in [1.807, 2.05) is 6.92 Å². The van der Waals surface area contributed by atoms with Gasteiger partial charge >= 0.3 is 0 Å². The Morgan fingerprint density at radius 2 is 1.79 bits per heavy atom. The van der Waals surface area contributed by atoms with Crippen molar-refractivity contribution >= 4 is 15.8 Å². The first kappa shape index (κ1) is 19.6. The highest BCUT2D eigenvalue weighted by Gasteiger charge is 2.14. The van der Waals surface area contributed by atoms with Crippen molar-refractivity contribution < 1.29 is 17.5 Å². The van der Waals surface area contributed by atoms with Crippen LogP contribution in [0.3, 0.4) is 0 Å². The third kappa shape index (κ3) is 4.78. The summed E-state index contributed by atoms with van der Waals surface area (Å²) < 4.78 is 30.8. The Kier molecular flexibility index (Phi) is 5.81. The maximum absolute atomic E-state index is 12.1. The minimum Gasteiger partial charge on any atom is -0.266 e. The average Bonchev–Trinajstić information content (AvgIpc) is 3.15. The maximum atomic E-state index is 12.1. The maximum Gasteiger partial charge on any atom is 0.296 e. The second kappa shape index (κ2) is 8.28. The first-order valence-corrected chi connectivity index (χ1v) is 9.88. The second-order valence-corrected chi connectivity index (χ2v) is 7.74. The van der Waals surface area contributed by atoms with Gasteiger partial charge in [-0.25, -0.2) is 4.68 Å². The molecule has 2 aromatic carbocycles. The number of nitrogens with zero attached hydrogens (tertiary/aromatic N) is 4. The van der Waals surface area contributed by atoms with Crippen molar-refractivity contribution in [1.29, 1.82) is 0 Å². The summed E-state index contributed by atoms with van der Waals surface area (Å²) in [5.41, 5.74) is 2.27. The molecule has 0 saturated heterocycles. The smallest absolute Gasteiger partial charge is 0.266 e. The van der Waals surface area contributed by atoms with Crippen LogP contribution in [-0.2, 0) is 20.7 Å². The topological polar surface area (TPSA) is 117 Å². The van der Waals surface area contributed by atoms with E-state index in [4.69, 9.17) is 4.18 Å². The Labute approximate surface area is 161 Å². The van der Waals surface area contributed by atoms with Crippen LogP contribution in [0.4, 0.5) is 5.69 Å². The third-order valence-electron chi connectivity index (χ3n) is 3.99. The van der Waals surface area contributed by atoms with Gasteiger partial charge in [0.15, 0.2) is 0 Å². The standard InChI is InChI=1S/C18H18N4O5S/c1-14-4-10-18(11-5-14)28(25,26)27-12-2-3-15-13-21(20-19-15)16-6-8-17(9-7-16)22(23)24/h4-11,13H,2-3,12H2,1H3. The highest BCUT2D eigenvalue weighted by atomic mass is 32.2. The molecular weight excluding hydrogens is 384 g/mol. The molecule has 1 aromatic heterocycles. The van der Waals surface area contributed by atoms with Crippen LogP contribution in [-0.4, -0.2) is 34.9 Å². The third-order valence-corrected chi connectivity index (χ3v) is 5.32. The molecule has 0 atom stereocenters.